The van der Waals surface area contributed by atoms with E-state index in [0.717, 1.165) is 10.0 Å². The maximum atomic E-state index is 12.4. The highest BCUT2D eigenvalue weighted by Crippen LogP contribution is 2.26. The van der Waals surface area contributed by atoms with E-state index in [1.807, 2.05) is 30.3 Å². The highest BCUT2D eigenvalue weighted by molar-refractivity contribution is 9.10. The third-order valence-electron chi connectivity index (χ3n) is 4.37. The molecule has 0 spiro atoms. The topological polar surface area (TPSA) is 86.5 Å². The first-order valence-electron chi connectivity index (χ1n) is 8.92. The van der Waals surface area contributed by atoms with Gasteiger partial charge in [-0.3, -0.25) is 14.9 Å². The fraction of sp³-hybridized carbons (Fsp3) is 0. The van der Waals surface area contributed by atoms with E-state index < -0.39 is 4.92 Å². The minimum absolute atomic E-state index is 0.00880. The van der Waals surface area contributed by atoms with Crippen LogP contribution in [0.4, 0.5) is 5.69 Å². The van der Waals surface area contributed by atoms with Crippen LogP contribution in [0.3, 0.4) is 0 Å². The number of carbonyl (C=O) groups is 1. The molecule has 0 unspecified atom stereocenters. The van der Waals surface area contributed by atoms with Crippen LogP contribution in [0.5, 0.6) is 0 Å². The molecule has 0 saturated heterocycles. The third-order valence-corrected chi connectivity index (χ3v) is 4.89. The summed E-state index contributed by atoms with van der Waals surface area (Å²) in [6.07, 6.45) is 2.96. The Morgan fingerprint density at radius 3 is 2.10 bits per heavy atom. The van der Waals surface area contributed by atoms with Crippen molar-refractivity contribution in [2.45, 2.75) is 0 Å². The molecule has 0 N–H and O–H groups in total. The Morgan fingerprint density at radius 1 is 0.833 bits per heavy atom. The number of nitro groups is 1. The van der Waals surface area contributed by atoms with Crippen molar-refractivity contribution in [2.24, 2.45) is 0 Å². The van der Waals surface area contributed by atoms with Gasteiger partial charge in [-0.15, -0.1) is 0 Å². The summed E-state index contributed by atoms with van der Waals surface area (Å²) in [6, 6.07) is 20.5. The van der Waals surface area contributed by atoms with Gasteiger partial charge in [-0.2, -0.15) is 0 Å². The number of hydrogen-bond donors (Lipinski definition) is 0. The van der Waals surface area contributed by atoms with Gasteiger partial charge in [0.2, 0.25) is 5.78 Å². The molecule has 0 aliphatic carbocycles. The second-order valence-corrected chi connectivity index (χ2v) is 7.29. The number of nitro benzene ring substituents is 1. The smallest absolute Gasteiger partial charge is 0.269 e. The predicted molar refractivity (Wildman–Crippen MR) is 116 cm³/mol. The average molecular weight is 464 g/mol. The summed E-state index contributed by atoms with van der Waals surface area (Å²) in [5.74, 6) is 1.55. The molecule has 0 atom stereocenters. The predicted octanol–water partition coefficient (Wildman–Crippen LogP) is 6.77. The summed E-state index contributed by atoms with van der Waals surface area (Å²) in [4.78, 5) is 22.7. The molecule has 0 amide bonds. The molecule has 0 bridgehead atoms. The molecule has 148 valence electrons. The van der Waals surface area contributed by atoms with Crippen molar-refractivity contribution in [3.63, 3.8) is 0 Å². The number of benzene rings is 2. The normalized spacial score (nSPS) is 11.1. The molecule has 0 aliphatic rings. The Hall–Kier alpha value is -3.71. The second-order valence-electron chi connectivity index (χ2n) is 6.37. The first kappa shape index (κ1) is 19.6. The Balaban J connectivity index is 1.46. The van der Waals surface area contributed by atoms with E-state index in [-0.39, 0.29) is 17.2 Å². The Bertz CT molecular complexity index is 1230. The van der Waals surface area contributed by atoms with Gasteiger partial charge in [0.05, 0.1) is 4.92 Å². The fourth-order valence-electron chi connectivity index (χ4n) is 2.82. The zero-order valence-electron chi connectivity index (χ0n) is 15.4. The van der Waals surface area contributed by atoms with E-state index in [4.69, 9.17) is 8.83 Å². The SMILES string of the molecule is O=C(C=Cc1ccc(-c2ccc(Br)cc2)o1)c1ccc(-c2ccc([N+](=O)[O-])cc2)o1. The van der Waals surface area contributed by atoms with Gasteiger partial charge in [0.1, 0.15) is 17.3 Å². The molecule has 2 aromatic carbocycles. The van der Waals surface area contributed by atoms with Crippen LogP contribution >= 0.6 is 15.9 Å². The van der Waals surface area contributed by atoms with Gasteiger partial charge in [0.15, 0.2) is 5.76 Å². The highest BCUT2D eigenvalue weighted by Gasteiger charge is 2.12. The van der Waals surface area contributed by atoms with E-state index in [9.17, 15) is 14.9 Å². The molecule has 30 heavy (non-hydrogen) atoms. The summed E-state index contributed by atoms with van der Waals surface area (Å²) >= 11 is 3.40. The number of nitrogens with zero attached hydrogens (tertiary/aromatic N) is 1. The number of ketones is 1. The summed E-state index contributed by atoms with van der Waals surface area (Å²) in [6.45, 7) is 0. The van der Waals surface area contributed by atoms with Crippen molar-refractivity contribution >= 4 is 33.5 Å². The lowest BCUT2D eigenvalue weighted by Gasteiger charge is -1.97. The molecule has 4 rings (SSSR count). The van der Waals surface area contributed by atoms with Crippen LogP contribution in [0.1, 0.15) is 16.3 Å². The van der Waals surface area contributed by atoms with Crippen molar-refractivity contribution in [1.29, 1.82) is 0 Å². The molecule has 0 aliphatic heterocycles. The van der Waals surface area contributed by atoms with Gasteiger partial charge in [0, 0.05) is 27.7 Å². The quantitative estimate of drug-likeness (QED) is 0.136. The summed E-state index contributed by atoms with van der Waals surface area (Å²) in [5.41, 5.74) is 1.57. The number of rotatable bonds is 6. The van der Waals surface area contributed by atoms with Gasteiger partial charge >= 0.3 is 0 Å². The third kappa shape index (κ3) is 4.31. The van der Waals surface area contributed by atoms with E-state index in [2.05, 4.69) is 15.9 Å². The lowest BCUT2D eigenvalue weighted by molar-refractivity contribution is -0.384. The number of hydrogen-bond acceptors (Lipinski definition) is 5. The van der Waals surface area contributed by atoms with Crippen LogP contribution in [0.2, 0.25) is 0 Å². The summed E-state index contributed by atoms with van der Waals surface area (Å²) in [5, 5.41) is 10.7. The molecular weight excluding hydrogens is 450 g/mol. The van der Waals surface area contributed by atoms with E-state index in [0.29, 0.717) is 22.8 Å². The monoisotopic (exact) mass is 463 g/mol. The minimum atomic E-state index is -0.470. The fourth-order valence-corrected chi connectivity index (χ4v) is 3.09. The first-order valence-corrected chi connectivity index (χ1v) is 9.72. The van der Waals surface area contributed by atoms with Crippen LogP contribution in [-0.2, 0) is 0 Å². The molecule has 2 heterocycles. The van der Waals surface area contributed by atoms with E-state index in [1.54, 1.807) is 36.4 Å². The maximum Gasteiger partial charge on any atom is 0.269 e. The average Bonchev–Trinajstić information content (AvgIpc) is 3.43. The molecule has 2 aromatic heterocycles. The van der Waals surface area contributed by atoms with Gasteiger partial charge in [-0.25, -0.2) is 0 Å². The molecule has 0 radical (unpaired) electrons. The van der Waals surface area contributed by atoms with Crippen LogP contribution in [0.25, 0.3) is 28.7 Å². The number of halogens is 1. The summed E-state index contributed by atoms with van der Waals surface area (Å²) in [7, 11) is 0. The van der Waals surface area contributed by atoms with Crippen LogP contribution in [0.15, 0.2) is 92.2 Å². The van der Waals surface area contributed by atoms with Crippen molar-refractivity contribution in [3.8, 4) is 22.6 Å². The number of allylic oxidation sites excluding steroid dienone is 1. The van der Waals surface area contributed by atoms with E-state index in [1.165, 1.54) is 18.2 Å². The van der Waals surface area contributed by atoms with Crippen molar-refractivity contribution in [3.05, 3.63) is 105 Å². The van der Waals surface area contributed by atoms with Gasteiger partial charge in [0.25, 0.3) is 5.69 Å². The molecule has 0 fully saturated rings. The standard InChI is InChI=1S/C23H14BrNO5/c24-17-5-1-15(2-6-17)21-12-10-19(29-21)9-11-20(26)23-14-13-22(30-23)16-3-7-18(8-4-16)25(27)28/h1-14H. The van der Waals surface area contributed by atoms with Crippen molar-refractivity contribution < 1.29 is 18.6 Å². The van der Waals surface area contributed by atoms with Crippen molar-refractivity contribution in [2.75, 3.05) is 0 Å². The van der Waals surface area contributed by atoms with Crippen LogP contribution in [-0.4, -0.2) is 10.7 Å². The minimum Gasteiger partial charge on any atom is -0.457 e. The molecule has 7 heteroatoms. The Kier molecular flexibility index (Phi) is 5.45. The van der Waals surface area contributed by atoms with Gasteiger partial charge < -0.3 is 8.83 Å². The number of furan rings is 2. The van der Waals surface area contributed by atoms with Crippen LogP contribution < -0.4 is 0 Å². The zero-order chi connectivity index (χ0) is 21.1. The molecule has 6 nitrogen and oxygen atoms in total. The molecule has 4 aromatic rings. The van der Waals surface area contributed by atoms with Crippen LogP contribution in [0, 0.1) is 10.1 Å². The Labute approximate surface area is 179 Å². The lowest BCUT2D eigenvalue weighted by atomic mass is 10.1. The first-order chi connectivity index (χ1) is 14.5. The number of carbonyl (C=O) groups excluding carboxylic acids is 1. The molecule has 0 saturated carbocycles. The zero-order valence-corrected chi connectivity index (χ0v) is 17.0. The maximum absolute atomic E-state index is 12.4. The van der Waals surface area contributed by atoms with Crippen molar-refractivity contribution in [1.82, 2.24) is 0 Å². The summed E-state index contributed by atoms with van der Waals surface area (Å²) < 4.78 is 12.3. The number of non-ortho nitro benzene ring substituents is 1. The lowest BCUT2D eigenvalue weighted by Crippen LogP contribution is -1.90. The largest absolute Gasteiger partial charge is 0.457 e. The van der Waals surface area contributed by atoms with Gasteiger partial charge in [-0.05, 0) is 60.7 Å². The Morgan fingerprint density at radius 2 is 1.43 bits per heavy atom. The second kappa shape index (κ2) is 8.34. The molecular formula is C23H14BrNO5. The highest BCUT2D eigenvalue weighted by atomic mass is 79.9. The van der Waals surface area contributed by atoms with Gasteiger partial charge in [-0.1, -0.05) is 28.1 Å². The van der Waals surface area contributed by atoms with E-state index >= 15 is 0 Å².